The van der Waals surface area contributed by atoms with Gasteiger partial charge in [0.15, 0.2) is 5.17 Å². The molecule has 130 valence electrons. The van der Waals surface area contributed by atoms with E-state index in [0.717, 1.165) is 23.3 Å². The third-order valence-corrected chi connectivity index (χ3v) is 4.26. The number of rotatable bonds is 7. The van der Waals surface area contributed by atoms with Gasteiger partial charge in [0.05, 0.1) is 31.4 Å². The average Bonchev–Trinajstić information content (AvgIpc) is 3.26. The number of carbonyl (C=O) groups is 1. The minimum atomic E-state index is -0.0426. The molecule has 0 radical (unpaired) electrons. The fourth-order valence-electron chi connectivity index (χ4n) is 2.26. The van der Waals surface area contributed by atoms with Gasteiger partial charge in [-0.3, -0.25) is 4.79 Å². The van der Waals surface area contributed by atoms with Gasteiger partial charge >= 0.3 is 0 Å². The standard InChI is InChI=1S/C17H19N5O2S/c1-2-7-24-15-4-3-13(8-14(15)10-22-6-5-18-12-22)9-19-21-17-20-16(23)11-25-17/h3-6,8-9,12H,2,7,10-11H2,1H3,(H,20,21,23). The minimum absolute atomic E-state index is 0.0426. The van der Waals surface area contributed by atoms with Crippen LogP contribution in [0.1, 0.15) is 24.5 Å². The van der Waals surface area contributed by atoms with Crippen LogP contribution in [0.25, 0.3) is 0 Å². The summed E-state index contributed by atoms with van der Waals surface area (Å²) in [6, 6.07) is 5.91. The van der Waals surface area contributed by atoms with Crippen LogP contribution in [0.2, 0.25) is 0 Å². The van der Waals surface area contributed by atoms with Crippen molar-refractivity contribution in [3.8, 4) is 5.75 Å². The first kappa shape index (κ1) is 17.2. The molecule has 0 aliphatic carbocycles. The van der Waals surface area contributed by atoms with Crippen LogP contribution in [0.5, 0.6) is 5.75 Å². The Bertz CT molecular complexity index is 786. The lowest BCUT2D eigenvalue weighted by Crippen LogP contribution is -2.19. The molecule has 0 atom stereocenters. The summed E-state index contributed by atoms with van der Waals surface area (Å²) < 4.78 is 7.82. The highest BCUT2D eigenvalue weighted by Crippen LogP contribution is 2.21. The van der Waals surface area contributed by atoms with Crippen molar-refractivity contribution in [2.75, 3.05) is 12.4 Å². The van der Waals surface area contributed by atoms with Crippen molar-refractivity contribution in [3.63, 3.8) is 0 Å². The Morgan fingerprint density at radius 3 is 3.12 bits per heavy atom. The van der Waals surface area contributed by atoms with Crippen molar-refractivity contribution < 1.29 is 9.53 Å². The van der Waals surface area contributed by atoms with E-state index in [-0.39, 0.29) is 5.91 Å². The molecule has 1 N–H and O–H groups in total. The number of thioether (sulfide) groups is 1. The topological polar surface area (TPSA) is 80.9 Å². The van der Waals surface area contributed by atoms with E-state index < -0.39 is 0 Å². The van der Waals surface area contributed by atoms with E-state index in [2.05, 4.69) is 27.4 Å². The molecular formula is C17H19N5O2S. The second-order valence-corrected chi connectivity index (χ2v) is 6.40. The Hall–Kier alpha value is -2.61. The van der Waals surface area contributed by atoms with E-state index in [1.54, 1.807) is 18.7 Å². The quantitative estimate of drug-likeness (QED) is 0.609. The second-order valence-electron chi connectivity index (χ2n) is 5.44. The normalized spacial score (nSPS) is 15.9. The third-order valence-electron chi connectivity index (χ3n) is 3.40. The zero-order chi connectivity index (χ0) is 17.5. The van der Waals surface area contributed by atoms with Gasteiger partial charge in [-0.2, -0.15) is 5.10 Å². The summed E-state index contributed by atoms with van der Waals surface area (Å²) in [6.45, 7) is 3.42. The molecule has 1 aromatic carbocycles. The number of imidazole rings is 1. The average molecular weight is 357 g/mol. The maximum absolute atomic E-state index is 11.1. The molecule has 0 saturated carbocycles. The number of nitrogens with one attached hydrogen (secondary N) is 1. The van der Waals surface area contributed by atoms with E-state index in [1.807, 2.05) is 29.0 Å². The number of amides is 1. The van der Waals surface area contributed by atoms with Crippen LogP contribution >= 0.6 is 11.8 Å². The highest BCUT2D eigenvalue weighted by atomic mass is 32.2. The fourth-order valence-corrected chi connectivity index (χ4v) is 2.89. The second kappa shape index (κ2) is 8.48. The van der Waals surface area contributed by atoms with Crippen LogP contribution in [0, 0.1) is 0 Å². The summed E-state index contributed by atoms with van der Waals surface area (Å²) >= 11 is 1.35. The van der Waals surface area contributed by atoms with Gasteiger partial charge in [0.2, 0.25) is 5.91 Å². The van der Waals surface area contributed by atoms with E-state index in [4.69, 9.17) is 4.74 Å². The van der Waals surface area contributed by atoms with Crippen molar-refractivity contribution in [2.24, 2.45) is 10.2 Å². The van der Waals surface area contributed by atoms with Crippen molar-refractivity contribution in [1.29, 1.82) is 0 Å². The molecule has 0 bridgehead atoms. The van der Waals surface area contributed by atoms with Crippen LogP contribution in [0.4, 0.5) is 0 Å². The lowest BCUT2D eigenvalue weighted by Gasteiger charge is -2.12. The molecular weight excluding hydrogens is 338 g/mol. The Morgan fingerprint density at radius 1 is 1.48 bits per heavy atom. The zero-order valence-corrected chi connectivity index (χ0v) is 14.7. The largest absolute Gasteiger partial charge is 0.493 e. The number of nitrogens with zero attached hydrogens (tertiary/aromatic N) is 4. The third kappa shape index (κ3) is 4.93. The molecule has 2 aromatic rings. The molecule has 1 aliphatic heterocycles. The predicted octanol–water partition coefficient (Wildman–Crippen LogP) is 2.27. The number of hydrogen-bond donors (Lipinski definition) is 1. The molecule has 8 heteroatoms. The Morgan fingerprint density at radius 2 is 2.40 bits per heavy atom. The summed E-state index contributed by atoms with van der Waals surface area (Å²) in [7, 11) is 0. The van der Waals surface area contributed by atoms with E-state index in [9.17, 15) is 4.79 Å². The van der Waals surface area contributed by atoms with Crippen LogP contribution in [-0.2, 0) is 11.3 Å². The molecule has 1 saturated heterocycles. The summed E-state index contributed by atoms with van der Waals surface area (Å²) in [5, 5.41) is 11.2. The van der Waals surface area contributed by atoms with E-state index in [0.29, 0.717) is 24.1 Å². The monoisotopic (exact) mass is 357 g/mol. The van der Waals surface area contributed by atoms with Crippen molar-refractivity contribution in [3.05, 3.63) is 48.0 Å². The van der Waals surface area contributed by atoms with Gasteiger partial charge in [-0.05, 0) is 30.2 Å². The Kier molecular flexibility index (Phi) is 5.84. The summed E-state index contributed by atoms with van der Waals surface area (Å²) in [5.41, 5.74) is 1.96. The number of amidine groups is 1. The Balaban J connectivity index is 1.76. The number of aromatic nitrogens is 2. The van der Waals surface area contributed by atoms with E-state index in [1.165, 1.54) is 11.8 Å². The molecule has 1 fully saturated rings. The summed E-state index contributed by atoms with van der Waals surface area (Å²) in [6.07, 6.45) is 8.06. The maximum Gasteiger partial charge on any atom is 0.236 e. The van der Waals surface area contributed by atoms with Crippen molar-refractivity contribution in [2.45, 2.75) is 19.9 Å². The van der Waals surface area contributed by atoms with Gasteiger partial charge in [-0.1, -0.05) is 18.7 Å². The molecule has 1 aromatic heterocycles. The molecule has 3 rings (SSSR count). The summed E-state index contributed by atoms with van der Waals surface area (Å²) in [5.74, 6) is 1.21. The van der Waals surface area contributed by atoms with Gasteiger partial charge in [-0.15, -0.1) is 5.10 Å². The number of benzene rings is 1. The minimum Gasteiger partial charge on any atom is -0.493 e. The first-order valence-electron chi connectivity index (χ1n) is 7.99. The highest BCUT2D eigenvalue weighted by Gasteiger charge is 2.15. The zero-order valence-electron chi connectivity index (χ0n) is 13.9. The summed E-state index contributed by atoms with van der Waals surface area (Å²) in [4.78, 5) is 15.2. The van der Waals surface area contributed by atoms with Crippen molar-refractivity contribution >= 4 is 29.1 Å². The van der Waals surface area contributed by atoms with E-state index >= 15 is 0 Å². The lowest BCUT2D eigenvalue weighted by atomic mass is 10.1. The number of hydrogen-bond acceptors (Lipinski definition) is 6. The van der Waals surface area contributed by atoms with Gasteiger partial charge in [0.25, 0.3) is 0 Å². The lowest BCUT2D eigenvalue weighted by molar-refractivity contribution is -0.116. The van der Waals surface area contributed by atoms with Crippen LogP contribution in [0.15, 0.2) is 47.1 Å². The van der Waals surface area contributed by atoms with Crippen LogP contribution in [-0.4, -0.2) is 39.2 Å². The first-order valence-corrected chi connectivity index (χ1v) is 8.98. The molecule has 1 aliphatic rings. The molecule has 1 amide bonds. The Labute approximate surface area is 150 Å². The molecule has 0 unspecified atom stereocenters. The van der Waals surface area contributed by atoms with Gasteiger partial charge in [-0.25, -0.2) is 4.98 Å². The van der Waals surface area contributed by atoms with Gasteiger partial charge < -0.3 is 14.6 Å². The van der Waals surface area contributed by atoms with Crippen molar-refractivity contribution in [1.82, 2.24) is 14.9 Å². The van der Waals surface area contributed by atoms with Gasteiger partial charge in [0.1, 0.15) is 5.75 Å². The molecule has 0 spiro atoms. The SMILES string of the molecule is CCCOc1ccc(C=NN=C2NC(=O)CS2)cc1Cn1ccnc1. The highest BCUT2D eigenvalue weighted by molar-refractivity contribution is 8.15. The van der Waals surface area contributed by atoms with Crippen LogP contribution < -0.4 is 10.1 Å². The maximum atomic E-state index is 11.1. The molecule has 25 heavy (non-hydrogen) atoms. The molecule has 2 heterocycles. The van der Waals surface area contributed by atoms with Gasteiger partial charge in [0, 0.05) is 18.0 Å². The smallest absolute Gasteiger partial charge is 0.236 e. The molecule has 7 nitrogen and oxygen atoms in total. The predicted molar refractivity (Wildman–Crippen MR) is 99.2 cm³/mol. The first-order chi connectivity index (χ1) is 12.2. The fraction of sp³-hybridized carbons (Fsp3) is 0.294. The van der Waals surface area contributed by atoms with Crippen LogP contribution in [0.3, 0.4) is 0 Å². The number of carbonyl (C=O) groups excluding carboxylic acids is 1. The number of ether oxygens (including phenoxy) is 1.